The van der Waals surface area contributed by atoms with Crippen molar-refractivity contribution < 1.29 is 17.5 Å². The zero-order chi connectivity index (χ0) is 18.8. The number of rotatable bonds is 9. The largest absolute Gasteiger partial charge is 0.493 e. The zero-order valence-corrected chi connectivity index (χ0v) is 16.2. The maximum absolute atomic E-state index is 14.2. The first-order valence-corrected chi connectivity index (χ1v) is 10.5. The Balaban J connectivity index is 2.17. The summed E-state index contributed by atoms with van der Waals surface area (Å²) in [6.45, 7) is 7.19. The minimum Gasteiger partial charge on any atom is -0.493 e. The maximum atomic E-state index is 14.2. The molecule has 1 atom stereocenters. The number of benzene rings is 1. The third-order valence-corrected chi connectivity index (χ3v) is 7.75. The number of ether oxygens (including phenoxy) is 1. The molecular weight excluding hydrogens is 341 g/mol. The molecule has 1 aliphatic rings. The van der Waals surface area contributed by atoms with Crippen LogP contribution in [-0.4, -0.2) is 31.2 Å². The molecule has 1 fully saturated rings. The van der Waals surface area contributed by atoms with E-state index >= 15 is 0 Å². The van der Waals surface area contributed by atoms with E-state index in [0.717, 1.165) is 0 Å². The van der Waals surface area contributed by atoms with Crippen molar-refractivity contribution in [1.29, 1.82) is 5.41 Å². The van der Waals surface area contributed by atoms with Crippen molar-refractivity contribution in [2.75, 3.05) is 12.4 Å². The molecular formula is C19H28FNO3S. The van der Waals surface area contributed by atoms with Crippen molar-refractivity contribution in [3.8, 4) is 5.75 Å². The first kappa shape index (κ1) is 19.9. The second-order valence-electron chi connectivity index (χ2n) is 7.46. The van der Waals surface area contributed by atoms with E-state index in [1.807, 2.05) is 0 Å². The van der Waals surface area contributed by atoms with Crippen LogP contribution >= 0.6 is 0 Å². The Bertz CT molecular complexity index is 739. The Labute approximate surface area is 150 Å². The van der Waals surface area contributed by atoms with Crippen molar-refractivity contribution in [2.24, 2.45) is 5.92 Å². The monoisotopic (exact) mass is 369 g/mol. The summed E-state index contributed by atoms with van der Waals surface area (Å²) >= 11 is 0. The first-order chi connectivity index (χ1) is 11.6. The van der Waals surface area contributed by atoms with Crippen LogP contribution in [-0.2, 0) is 9.84 Å². The van der Waals surface area contributed by atoms with Gasteiger partial charge in [0.25, 0.3) is 0 Å². The molecule has 1 aliphatic carbocycles. The highest BCUT2D eigenvalue weighted by Gasteiger charge is 2.38. The fourth-order valence-electron chi connectivity index (χ4n) is 2.73. The molecule has 1 saturated carbocycles. The van der Waals surface area contributed by atoms with Gasteiger partial charge in [0.15, 0.2) is 9.84 Å². The molecule has 6 heteroatoms. The molecule has 1 unspecified atom stereocenters. The predicted octanol–water partition coefficient (Wildman–Crippen LogP) is 4.34. The fourth-order valence-corrected chi connectivity index (χ4v) is 4.50. The van der Waals surface area contributed by atoms with Gasteiger partial charge in [0, 0.05) is 5.71 Å². The SMILES string of the molecule is CCC(=N)C(C)(C)S(=O)(=O)CC(C)c1cc(OCC2CC2)ccc1F. The first-order valence-electron chi connectivity index (χ1n) is 8.81. The molecule has 0 heterocycles. The molecule has 0 aromatic heterocycles. The summed E-state index contributed by atoms with van der Waals surface area (Å²) in [7, 11) is -3.60. The van der Waals surface area contributed by atoms with Crippen LogP contribution in [0.5, 0.6) is 5.75 Å². The van der Waals surface area contributed by atoms with Crippen molar-refractivity contribution in [3.05, 3.63) is 29.6 Å². The lowest BCUT2D eigenvalue weighted by atomic mass is 10.0. The number of nitrogens with one attached hydrogen (secondary N) is 1. The van der Waals surface area contributed by atoms with Crippen molar-refractivity contribution in [2.45, 2.75) is 57.6 Å². The van der Waals surface area contributed by atoms with Crippen molar-refractivity contribution in [3.63, 3.8) is 0 Å². The summed E-state index contributed by atoms with van der Waals surface area (Å²) in [6, 6.07) is 4.52. The molecule has 0 amide bonds. The van der Waals surface area contributed by atoms with Crippen LogP contribution in [0.2, 0.25) is 0 Å². The standard InChI is InChI=1S/C19H28FNO3S/c1-5-18(21)19(3,4)25(22,23)12-13(2)16-10-15(8-9-17(16)20)24-11-14-6-7-14/h8-10,13-14,21H,5-7,11-12H2,1-4H3. The van der Waals surface area contributed by atoms with Crippen LogP contribution < -0.4 is 4.74 Å². The van der Waals surface area contributed by atoms with E-state index in [-0.39, 0.29) is 11.5 Å². The maximum Gasteiger partial charge on any atom is 0.161 e. The van der Waals surface area contributed by atoms with Gasteiger partial charge in [-0.15, -0.1) is 0 Å². The Hall–Kier alpha value is -1.43. The summed E-state index contributed by atoms with van der Waals surface area (Å²) in [4.78, 5) is 0. The fraction of sp³-hybridized carbons (Fsp3) is 0.632. The average Bonchev–Trinajstić information content (AvgIpc) is 3.36. The molecule has 25 heavy (non-hydrogen) atoms. The summed E-state index contributed by atoms with van der Waals surface area (Å²) in [5.74, 6) is 0.0225. The quantitative estimate of drug-likeness (QED) is 0.658. The minimum atomic E-state index is -3.60. The molecule has 4 nitrogen and oxygen atoms in total. The van der Waals surface area contributed by atoms with Gasteiger partial charge in [-0.05, 0) is 68.7 Å². The molecule has 1 aromatic rings. The summed E-state index contributed by atoms with van der Waals surface area (Å²) in [5, 5.41) is 7.95. The Kier molecular flexibility index (Phi) is 5.92. The van der Waals surface area contributed by atoms with Crippen molar-refractivity contribution in [1.82, 2.24) is 0 Å². The van der Waals surface area contributed by atoms with E-state index in [1.54, 1.807) is 39.8 Å². The molecule has 2 rings (SSSR count). The van der Waals surface area contributed by atoms with Crippen LogP contribution in [0.3, 0.4) is 0 Å². The molecule has 1 N–H and O–H groups in total. The molecule has 0 saturated heterocycles. The third-order valence-electron chi connectivity index (χ3n) is 5.01. The lowest BCUT2D eigenvalue weighted by Crippen LogP contribution is -2.42. The van der Waals surface area contributed by atoms with Gasteiger partial charge in [-0.1, -0.05) is 13.8 Å². The van der Waals surface area contributed by atoms with Gasteiger partial charge in [0.2, 0.25) is 0 Å². The molecule has 0 aliphatic heterocycles. The summed E-state index contributed by atoms with van der Waals surface area (Å²) < 4.78 is 44.2. The van der Waals surface area contributed by atoms with Crippen LogP contribution in [0.25, 0.3) is 0 Å². The van der Waals surface area contributed by atoms with Crippen LogP contribution in [0.1, 0.15) is 58.4 Å². The van der Waals surface area contributed by atoms with E-state index in [1.165, 1.54) is 18.9 Å². The highest BCUT2D eigenvalue weighted by molar-refractivity contribution is 7.93. The highest BCUT2D eigenvalue weighted by Crippen LogP contribution is 2.32. The molecule has 140 valence electrons. The molecule has 1 aromatic carbocycles. The van der Waals surface area contributed by atoms with Crippen LogP contribution in [0, 0.1) is 17.1 Å². The minimum absolute atomic E-state index is 0.168. The van der Waals surface area contributed by atoms with E-state index in [4.69, 9.17) is 10.1 Å². The zero-order valence-electron chi connectivity index (χ0n) is 15.4. The summed E-state index contributed by atoms with van der Waals surface area (Å²) in [6.07, 6.45) is 2.71. The van der Waals surface area contributed by atoms with E-state index in [0.29, 0.717) is 30.3 Å². The van der Waals surface area contributed by atoms with Gasteiger partial charge in [0.1, 0.15) is 16.3 Å². The Morgan fingerprint density at radius 1 is 1.40 bits per heavy atom. The van der Waals surface area contributed by atoms with Gasteiger partial charge in [0.05, 0.1) is 12.4 Å². The van der Waals surface area contributed by atoms with Crippen LogP contribution in [0.4, 0.5) is 4.39 Å². The number of hydrogen-bond donors (Lipinski definition) is 1. The highest BCUT2D eigenvalue weighted by atomic mass is 32.2. The molecule has 0 radical (unpaired) electrons. The second-order valence-corrected chi connectivity index (χ2v) is 10.0. The Morgan fingerprint density at radius 3 is 2.60 bits per heavy atom. The molecule has 0 spiro atoms. The number of halogens is 1. The smallest absolute Gasteiger partial charge is 0.161 e. The topological polar surface area (TPSA) is 67.2 Å². The van der Waals surface area contributed by atoms with Gasteiger partial charge >= 0.3 is 0 Å². The Morgan fingerprint density at radius 2 is 2.04 bits per heavy atom. The van der Waals surface area contributed by atoms with Gasteiger partial charge in [-0.3, -0.25) is 0 Å². The van der Waals surface area contributed by atoms with E-state index in [9.17, 15) is 12.8 Å². The van der Waals surface area contributed by atoms with Gasteiger partial charge in [-0.25, -0.2) is 12.8 Å². The molecule has 0 bridgehead atoms. The van der Waals surface area contributed by atoms with E-state index < -0.39 is 26.3 Å². The predicted molar refractivity (Wildman–Crippen MR) is 98.9 cm³/mol. The third kappa shape index (κ3) is 4.60. The lowest BCUT2D eigenvalue weighted by Gasteiger charge is -2.27. The van der Waals surface area contributed by atoms with Gasteiger partial charge in [-0.2, -0.15) is 0 Å². The number of sulfone groups is 1. The second kappa shape index (κ2) is 7.44. The van der Waals surface area contributed by atoms with Crippen molar-refractivity contribution >= 4 is 15.5 Å². The number of hydrogen-bond acceptors (Lipinski definition) is 4. The average molecular weight is 370 g/mol. The van der Waals surface area contributed by atoms with E-state index in [2.05, 4.69) is 0 Å². The lowest BCUT2D eigenvalue weighted by molar-refractivity contribution is 0.299. The summed E-state index contributed by atoms with van der Waals surface area (Å²) in [5.41, 5.74) is 0.511. The normalized spacial score (nSPS) is 16.5. The van der Waals surface area contributed by atoms with Gasteiger partial charge < -0.3 is 10.1 Å². The van der Waals surface area contributed by atoms with Crippen LogP contribution in [0.15, 0.2) is 18.2 Å².